The van der Waals surface area contributed by atoms with E-state index in [0.29, 0.717) is 5.75 Å². The summed E-state index contributed by atoms with van der Waals surface area (Å²) in [5, 5.41) is 13.8. The second kappa shape index (κ2) is 6.79. The van der Waals surface area contributed by atoms with E-state index in [1.54, 1.807) is 13.8 Å². The number of imide groups is 1. The lowest BCUT2D eigenvalue weighted by Gasteiger charge is -2.16. The quantitative estimate of drug-likeness (QED) is 0.436. The summed E-state index contributed by atoms with van der Waals surface area (Å²) in [7, 11) is 0. The first-order valence-corrected chi connectivity index (χ1v) is 7.52. The molecular weight excluding hydrogens is 298 g/mol. The van der Waals surface area contributed by atoms with Crippen LogP contribution in [0.5, 0.6) is 0 Å². The lowest BCUT2D eigenvalue weighted by molar-refractivity contribution is -0.140. The molecule has 1 heterocycles. The summed E-state index contributed by atoms with van der Waals surface area (Å²) in [6.45, 7) is 4.69. The van der Waals surface area contributed by atoms with E-state index >= 15 is 0 Å². The Bertz CT molecular complexity index is 466. The maximum atomic E-state index is 11.9. The van der Waals surface area contributed by atoms with Gasteiger partial charge in [-0.25, -0.2) is 9.59 Å². The molecule has 9 heteroatoms. The van der Waals surface area contributed by atoms with E-state index in [-0.39, 0.29) is 18.2 Å². The van der Waals surface area contributed by atoms with Crippen molar-refractivity contribution in [1.29, 1.82) is 0 Å². The van der Waals surface area contributed by atoms with Crippen molar-refractivity contribution < 1.29 is 24.3 Å². The Kier molecular flexibility index (Phi) is 5.59. The lowest BCUT2D eigenvalue weighted by atomic mass is 10.1. The van der Waals surface area contributed by atoms with E-state index in [2.05, 4.69) is 10.6 Å². The summed E-state index contributed by atoms with van der Waals surface area (Å²) in [5.74, 6) is -1.27. The molecule has 0 aromatic carbocycles. The molecule has 1 aliphatic rings. The van der Waals surface area contributed by atoms with Gasteiger partial charge in [0.05, 0.1) is 0 Å². The first kappa shape index (κ1) is 17.3. The van der Waals surface area contributed by atoms with Crippen molar-refractivity contribution in [2.45, 2.75) is 32.4 Å². The minimum Gasteiger partial charge on any atom is -0.480 e. The number of nitrogens with one attached hydrogen (secondary N) is 2. The van der Waals surface area contributed by atoms with Crippen LogP contribution in [0, 0.1) is 0 Å². The van der Waals surface area contributed by atoms with Gasteiger partial charge in [-0.15, -0.1) is 0 Å². The Labute approximate surface area is 126 Å². The summed E-state index contributed by atoms with van der Waals surface area (Å²) in [5.41, 5.74) is -0.901. The molecule has 1 aliphatic heterocycles. The molecule has 0 spiro atoms. The Morgan fingerprint density at radius 3 is 2.48 bits per heavy atom. The van der Waals surface area contributed by atoms with Crippen molar-refractivity contribution in [2.75, 3.05) is 18.1 Å². The van der Waals surface area contributed by atoms with Crippen LogP contribution in [-0.4, -0.2) is 63.5 Å². The fourth-order valence-corrected chi connectivity index (χ4v) is 2.74. The van der Waals surface area contributed by atoms with Crippen molar-refractivity contribution in [3.8, 4) is 0 Å². The summed E-state index contributed by atoms with van der Waals surface area (Å²) in [6.07, 6.45) is 0. The average molecular weight is 317 g/mol. The van der Waals surface area contributed by atoms with Crippen LogP contribution in [0.15, 0.2) is 0 Å². The van der Waals surface area contributed by atoms with Crippen LogP contribution < -0.4 is 10.6 Å². The highest BCUT2D eigenvalue weighted by molar-refractivity contribution is 7.99. The minimum atomic E-state index is -1.12. The zero-order valence-corrected chi connectivity index (χ0v) is 13.0. The summed E-state index contributed by atoms with van der Waals surface area (Å²) < 4.78 is 0. The number of carboxylic acid groups (broad SMARTS) is 1. The standard InChI is InChI=1S/C12H19N3O5S/c1-7(16)13-8(9(17)18)6-21-5-4-15-10(19)12(2,3)14-11(15)20/h8H,4-6H2,1-3H3,(H,13,16)(H,14,20)(H,17,18)/t8-/m0/s1. The number of nitrogens with zero attached hydrogens (tertiary/aromatic N) is 1. The van der Waals surface area contributed by atoms with Crippen molar-refractivity contribution in [1.82, 2.24) is 15.5 Å². The Morgan fingerprint density at radius 1 is 1.43 bits per heavy atom. The van der Waals surface area contributed by atoms with E-state index in [0.717, 1.165) is 4.90 Å². The summed E-state index contributed by atoms with van der Waals surface area (Å²) in [6, 6.07) is -1.42. The maximum Gasteiger partial charge on any atom is 0.327 e. The molecule has 3 N–H and O–H groups in total. The largest absolute Gasteiger partial charge is 0.480 e. The lowest BCUT2D eigenvalue weighted by Crippen LogP contribution is -2.42. The molecule has 118 valence electrons. The first-order chi connectivity index (χ1) is 9.65. The van der Waals surface area contributed by atoms with Gasteiger partial charge in [0.1, 0.15) is 11.6 Å². The molecule has 1 saturated heterocycles. The van der Waals surface area contributed by atoms with Crippen LogP contribution >= 0.6 is 11.8 Å². The average Bonchev–Trinajstić information content (AvgIpc) is 2.53. The number of urea groups is 1. The van der Waals surface area contributed by atoms with Gasteiger partial charge >= 0.3 is 12.0 Å². The molecule has 0 saturated carbocycles. The smallest absolute Gasteiger partial charge is 0.327 e. The SMILES string of the molecule is CC(=O)N[C@@H](CSCCN1C(=O)NC(C)(C)C1=O)C(=O)O. The van der Waals surface area contributed by atoms with Crippen molar-refractivity contribution in [2.24, 2.45) is 0 Å². The second-order valence-corrected chi connectivity index (χ2v) is 6.33. The number of carbonyl (C=O) groups is 4. The van der Waals surface area contributed by atoms with Gasteiger partial charge in [0.15, 0.2) is 0 Å². The van der Waals surface area contributed by atoms with Crippen LogP contribution in [0.1, 0.15) is 20.8 Å². The van der Waals surface area contributed by atoms with Gasteiger partial charge in [0.25, 0.3) is 5.91 Å². The number of carbonyl (C=O) groups excluding carboxylic acids is 3. The number of hydrogen-bond acceptors (Lipinski definition) is 5. The van der Waals surface area contributed by atoms with E-state index < -0.39 is 29.5 Å². The molecule has 8 nitrogen and oxygen atoms in total. The van der Waals surface area contributed by atoms with Gasteiger partial charge in [0.2, 0.25) is 5.91 Å². The van der Waals surface area contributed by atoms with E-state index in [4.69, 9.17) is 5.11 Å². The predicted molar refractivity (Wildman–Crippen MR) is 76.9 cm³/mol. The van der Waals surface area contributed by atoms with Gasteiger partial charge in [-0.2, -0.15) is 11.8 Å². The number of amides is 4. The van der Waals surface area contributed by atoms with Gasteiger partial charge < -0.3 is 15.7 Å². The molecule has 1 rings (SSSR count). The van der Waals surface area contributed by atoms with Gasteiger partial charge in [-0.05, 0) is 13.8 Å². The molecule has 0 aliphatic carbocycles. The van der Waals surface area contributed by atoms with Crippen LogP contribution in [0.3, 0.4) is 0 Å². The fourth-order valence-electron chi connectivity index (χ4n) is 1.80. The maximum absolute atomic E-state index is 11.9. The number of thioether (sulfide) groups is 1. The molecular formula is C12H19N3O5S. The van der Waals surface area contributed by atoms with Crippen molar-refractivity contribution in [3.63, 3.8) is 0 Å². The highest BCUT2D eigenvalue weighted by Crippen LogP contribution is 2.17. The third kappa shape index (κ3) is 4.62. The second-order valence-electron chi connectivity index (χ2n) is 5.18. The van der Waals surface area contributed by atoms with Crippen LogP contribution in [0.25, 0.3) is 0 Å². The van der Waals surface area contributed by atoms with Crippen LogP contribution in [0.2, 0.25) is 0 Å². The molecule has 0 aromatic heterocycles. The molecule has 1 fully saturated rings. The van der Waals surface area contributed by atoms with Crippen molar-refractivity contribution in [3.05, 3.63) is 0 Å². The van der Waals surface area contributed by atoms with Crippen LogP contribution in [0.4, 0.5) is 4.79 Å². The zero-order chi connectivity index (χ0) is 16.2. The molecule has 1 atom stereocenters. The number of hydrogen-bond donors (Lipinski definition) is 3. The van der Waals surface area contributed by atoms with Gasteiger partial charge in [0, 0.05) is 25.0 Å². The zero-order valence-electron chi connectivity index (χ0n) is 12.1. The number of aliphatic carboxylic acids is 1. The Hall–Kier alpha value is -1.77. The fraction of sp³-hybridized carbons (Fsp3) is 0.667. The molecule has 0 aromatic rings. The molecule has 0 bridgehead atoms. The third-order valence-electron chi connectivity index (χ3n) is 2.86. The molecule has 4 amide bonds. The number of rotatable bonds is 7. The van der Waals surface area contributed by atoms with Gasteiger partial charge in [-0.3, -0.25) is 14.5 Å². The molecule has 0 unspecified atom stereocenters. The van der Waals surface area contributed by atoms with Crippen LogP contribution in [-0.2, 0) is 14.4 Å². The third-order valence-corrected chi connectivity index (χ3v) is 3.90. The number of carboxylic acids is 1. The highest BCUT2D eigenvalue weighted by atomic mass is 32.2. The predicted octanol–water partition coefficient (Wildman–Crippen LogP) is -0.361. The van der Waals surface area contributed by atoms with Crippen molar-refractivity contribution >= 4 is 35.6 Å². The van der Waals surface area contributed by atoms with E-state index in [1.807, 2.05) is 0 Å². The highest BCUT2D eigenvalue weighted by Gasteiger charge is 2.43. The molecule has 21 heavy (non-hydrogen) atoms. The molecule has 0 radical (unpaired) electrons. The first-order valence-electron chi connectivity index (χ1n) is 6.37. The normalized spacial score (nSPS) is 18.3. The summed E-state index contributed by atoms with van der Waals surface area (Å²) in [4.78, 5) is 46.4. The monoisotopic (exact) mass is 317 g/mol. The van der Waals surface area contributed by atoms with E-state index in [1.165, 1.54) is 18.7 Å². The Morgan fingerprint density at radius 2 is 2.05 bits per heavy atom. The topological polar surface area (TPSA) is 116 Å². The summed E-state index contributed by atoms with van der Waals surface area (Å²) >= 11 is 1.25. The minimum absolute atomic E-state index is 0.169. The van der Waals surface area contributed by atoms with E-state index in [9.17, 15) is 19.2 Å². The van der Waals surface area contributed by atoms with Gasteiger partial charge in [-0.1, -0.05) is 0 Å². The Balaban J connectivity index is 2.40.